The molecule has 0 saturated heterocycles. The fourth-order valence-electron chi connectivity index (χ4n) is 5.19. The summed E-state index contributed by atoms with van der Waals surface area (Å²) in [7, 11) is 0. The van der Waals surface area contributed by atoms with Crippen molar-refractivity contribution in [1.82, 2.24) is 10.2 Å². The van der Waals surface area contributed by atoms with Gasteiger partial charge in [-0.1, -0.05) is 103 Å². The van der Waals surface area contributed by atoms with Crippen LogP contribution in [0, 0.1) is 17.7 Å². The van der Waals surface area contributed by atoms with Crippen LogP contribution in [0.2, 0.25) is 0 Å². The van der Waals surface area contributed by atoms with Crippen LogP contribution in [0.4, 0.5) is 4.39 Å². The third-order valence-electron chi connectivity index (χ3n) is 7.49. The van der Waals surface area contributed by atoms with Crippen molar-refractivity contribution in [2.24, 2.45) is 11.8 Å². The Morgan fingerprint density at radius 3 is 2.18 bits per heavy atom. The smallest absolute Gasteiger partial charge is 0.233 e. The van der Waals surface area contributed by atoms with Gasteiger partial charge in [0.1, 0.15) is 5.82 Å². The highest BCUT2D eigenvalue weighted by Gasteiger charge is 2.21. The highest BCUT2D eigenvalue weighted by molar-refractivity contribution is 5.59. The Balaban J connectivity index is 1.41. The van der Waals surface area contributed by atoms with Gasteiger partial charge in [-0.25, -0.2) is 4.39 Å². The van der Waals surface area contributed by atoms with Crippen LogP contribution in [-0.2, 0) is 6.42 Å². The molecule has 0 amide bonds. The summed E-state index contributed by atoms with van der Waals surface area (Å²) in [5, 5.41) is 8.43. The number of benzene rings is 1. The van der Waals surface area contributed by atoms with E-state index in [1.807, 2.05) is 24.3 Å². The Bertz CT molecular complexity index is 815. The van der Waals surface area contributed by atoms with Gasteiger partial charge in [0.15, 0.2) is 0 Å². The fourth-order valence-corrected chi connectivity index (χ4v) is 5.19. The van der Waals surface area contributed by atoms with Crippen LogP contribution in [0.15, 0.2) is 30.3 Å². The first-order chi connectivity index (χ1) is 16.7. The second-order valence-electron chi connectivity index (χ2n) is 10.2. The van der Waals surface area contributed by atoms with Crippen molar-refractivity contribution >= 4 is 0 Å². The lowest BCUT2D eigenvalue weighted by Gasteiger charge is -2.28. The Morgan fingerprint density at radius 1 is 0.794 bits per heavy atom. The van der Waals surface area contributed by atoms with E-state index in [4.69, 9.17) is 4.74 Å². The number of hydrogen-bond donors (Lipinski definition) is 0. The van der Waals surface area contributed by atoms with Gasteiger partial charge < -0.3 is 4.74 Å². The van der Waals surface area contributed by atoms with Gasteiger partial charge in [0.2, 0.25) is 5.88 Å². The average Bonchev–Trinajstić information content (AvgIpc) is 2.87. The second kappa shape index (κ2) is 15.1. The van der Waals surface area contributed by atoms with E-state index in [-0.39, 0.29) is 5.82 Å². The molecular formula is C30H45FN2O. The number of hydrogen-bond acceptors (Lipinski definition) is 3. The Kier molecular flexibility index (Phi) is 11.8. The van der Waals surface area contributed by atoms with E-state index >= 15 is 0 Å². The zero-order chi connectivity index (χ0) is 24.0. The van der Waals surface area contributed by atoms with E-state index in [0.29, 0.717) is 18.2 Å². The van der Waals surface area contributed by atoms with Gasteiger partial charge in [0.25, 0.3) is 0 Å². The van der Waals surface area contributed by atoms with Crippen molar-refractivity contribution in [3.8, 4) is 17.1 Å². The zero-order valence-electron chi connectivity index (χ0n) is 21.5. The Morgan fingerprint density at radius 2 is 1.50 bits per heavy atom. The summed E-state index contributed by atoms with van der Waals surface area (Å²) in [5.41, 5.74) is 2.28. The molecule has 34 heavy (non-hydrogen) atoms. The molecule has 0 spiro atoms. The Labute approximate surface area is 206 Å². The molecule has 0 atom stereocenters. The molecule has 3 rings (SSSR count). The van der Waals surface area contributed by atoms with Crippen molar-refractivity contribution in [2.75, 3.05) is 6.61 Å². The standard InChI is InChI=1S/C30H45FN2O/c1-3-5-7-8-10-22-34-30-21-20-29(32-33-30)27-19-18-26(28(31)23-27)17-16-25-14-12-24(13-15-25)11-9-6-4-2/h18-21,23-25H,3-17,22H2,1-2H3. The molecule has 0 radical (unpaired) electrons. The molecule has 0 unspecified atom stereocenters. The fraction of sp³-hybridized carbons (Fsp3) is 0.667. The minimum Gasteiger partial charge on any atom is -0.477 e. The number of ether oxygens (including phenoxy) is 1. The van der Waals surface area contributed by atoms with Gasteiger partial charge in [-0.15, -0.1) is 10.2 Å². The van der Waals surface area contributed by atoms with Gasteiger partial charge in [0.05, 0.1) is 12.3 Å². The minimum atomic E-state index is -0.125. The third-order valence-corrected chi connectivity index (χ3v) is 7.49. The van der Waals surface area contributed by atoms with Gasteiger partial charge in [-0.05, 0) is 48.8 Å². The molecule has 0 N–H and O–H groups in total. The molecule has 1 aliphatic rings. The first-order valence-corrected chi connectivity index (χ1v) is 13.9. The highest BCUT2D eigenvalue weighted by atomic mass is 19.1. The molecule has 4 heteroatoms. The van der Waals surface area contributed by atoms with Crippen LogP contribution in [0.5, 0.6) is 5.88 Å². The maximum atomic E-state index is 14.8. The molecule has 1 fully saturated rings. The first-order valence-electron chi connectivity index (χ1n) is 13.9. The van der Waals surface area contributed by atoms with E-state index in [1.54, 1.807) is 6.07 Å². The molecule has 1 aromatic carbocycles. The quantitative estimate of drug-likeness (QED) is 0.245. The van der Waals surface area contributed by atoms with E-state index in [2.05, 4.69) is 24.0 Å². The van der Waals surface area contributed by atoms with Crippen molar-refractivity contribution in [2.45, 2.75) is 110 Å². The van der Waals surface area contributed by atoms with E-state index in [1.165, 1.54) is 77.0 Å². The van der Waals surface area contributed by atoms with Crippen molar-refractivity contribution in [3.63, 3.8) is 0 Å². The largest absolute Gasteiger partial charge is 0.477 e. The molecule has 1 aromatic heterocycles. The molecule has 2 aromatic rings. The summed E-state index contributed by atoms with van der Waals surface area (Å²) in [5.74, 6) is 2.10. The maximum Gasteiger partial charge on any atom is 0.233 e. The summed E-state index contributed by atoms with van der Waals surface area (Å²) >= 11 is 0. The van der Waals surface area contributed by atoms with Crippen molar-refractivity contribution < 1.29 is 9.13 Å². The summed E-state index contributed by atoms with van der Waals surface area (Å²) < 4.78 is 20.5. The Hall–Kier alpha value is -1.97. The lowest BCUT2D eigenvalue weighted by atomic mass is 9.77. The second-order valence-corrected chi connectivity index (χ2v) is 10.2. The van der Waals surface area contributed by atoms with Gasteiger partial charge in [0, 0.05) is 11.6 Å². The number of aryl methyl sites for hydroxylation is 1. The number of rotatable bonds is 15. The maximum absolute atomic E-state index is 14.8. The van der Waals surface area contributed by atoms with Gasteiger partial charge in [-0.3, -0.25) is 0 Å². The van der Waals surface area contributed by atoms with Gasteiger partial charge in [-0.2, -0.15) is 0 Å². The van der Waals surface area contributed by atoms with E-state index in [0.717, 1.165) is 42.2 Å². The van der Waals surface area contributed by atoms with Crippen LogP contribution in [0.3, 0.4) is 0 Å². The number of nitrogens with zero attached hydrogens (tertiary/aromatic N) is 2. The van der Waals surface area contributed by atoms with Crippen molar-refractivity contribution in [3.05, 3.63) is 41.7 Å². The van der Waals surface area contributed by atoms with Crippen LogP contribution in [0.25, 0.3) is 11.3 Å². The van der Waals surface area contributed by atoms with E-state index in [9.17, 15) is 4.39 Å². The number of unbranched alkanes of at least 4 members (excludes halogenated alkanes) is 6. The normalized spacial score (nSPS) is 18.2. The summed E-state index contributed by atoms with van der Waals surface area (Å²) in [6.07, 6.45) is 18.8. The van der Waals surface area contributed by atoms with Crippen molar-refractivity contribution in [1.29, 1.82) is 0 Å². The lowest BCUT2D eigenvalue weighted by molar-refractivity contribution is 0.248. The molecule has 0 bridgehead atoms. The number of halogens is 1. The first kappa shape index (κ1) is 26.6. The molecule has 188 valence electrons. The predicted octanol–water partition coefficient (Wildman–Crippen LogP) is 8.95. The lowest BCUT2D eigenvalue weighted by Crippen LogP contribution is -2.15. The predicted molar refractivity (Wildman–Crippen MR) is 140 cm³/mol. The van der Waals surface area contributed by atoms with E-state index < -0.39 is 0 Å². The molecule has 0 aliphatic heterocycles. The zero-order valence-corrected chi connectivity index (χ0v) is 21.5. The molecule has 1 aliphatic carbocycles. The molecule has 1 heterocycles. The summed E-state index contributed by atoms with van der Waals surface area (Å²) in [6.45, 7) is 5.16. The molecule has 1 saturated carbocycles. The van der Waals surface area contributed by atoms with Crippen LogP contribution in [0.1, 0.15) is 109 Å². The average molecular weight is 469 g/mol. The van der Waals surface area contributed by atoms with Crippen LogP contribution < -0.4 is 4.74 Å². The van der Waals surface area contributed by atoms with Crippen LogP contribution in [-0.4, -0.2) is 16.8 Å². The minimum absolute atomic E-state index is 0.125. The molecular weight excluding hydrogens is 423 g/mol. The monoisotopic (exact) mass is 468 g/mol. The summed E-state index contributed by atoms with van der Waals surface area (Å²) in [6, 6.07) is 9.22. The topological polar surface area (TPSA) is 35.0 Å². The van der Waals surface area contributed by atoms with Crippen LogP contribution >= 0.6 is 0 Å². The van der Waals surface area contributed by atoms with Gasteiger partial charge >= 0.3 is 0 Å². The highest BCUT2D eigenvalue weighted by Crippen LogP contribution is 2.34. The number of aromatic nitrogens is 2. The summed E-state index contributed by atoms with van der Waals surface area (Å²) in [4.78, 5) is 0. The SMILES string of the molecule is CCCCCCCOc1ccc(-c2ccc(CCC3CCC(CCCCC)CC3)c(F)c2)nn1. The molecule has 3 nitrogen and oxygen atoms in total. The third kappa shape index (κ3) is 9.00.